The number of nitrogens with one attached hydrogen (secondary N) is 1. The molecule has 2 saturated heterocycles. The van der Waals surface area contributed by atoms with Crippen molar-refractivity contribution >= 4 is 17.9 Å². The number of amides is 2. The number of para-hydroxylation sites is 2. The Morgan fingerprint density at radius 1 is 1.12 bits per heavy atom. The van der Waals surface area contributed by atoms with Crippen molar-refractivity contribution < 1.29 is 23.8 Å². The maximum atomic E-state index is 12.2. The highest BCUT2D eigenvalue weighted by Gasteiger charge is 2.40. The van der Waals surface area contributed by atoms with Crippen LogP contribution < -0.4 is 10.1 Å². The molecule has 2 aliphatic heterocycles. The lowest BCUT2D eigenvalue weighted by molar-refractivity contribution is 0.000636. The van der Waals surface area contributed by atoms with Gasteiger partial charge in [-0.2, -0.15) is 0 Å². The van der Waals surface area contributed by atoms with Crippen LogP contribution in [-0.2, 0) is 9.47 Å². The zero-order valence-electron chi connectivity index (χ0n) is 13.7. The summed E-state index contributed by atoms with van der Waals surface area (Å²) in [5.74, 6) is 0.524. The molecule has 2 unspecified atom stereocenters. The van der Waals surface area contributed by atoms with Crippen LogP contribution >= 0.6 is 0 Å². The van der Waals surface area contributed by atoms with E-state index in [1.165, 1.54) is 7.11 Å². The molecule has 3 rings (SSSR count). The number of benzene rings is 1. The molecule has 7 heteroatoms. The smallest absolute Gasteiger partial charge is 0.414 e. The number of piperidine rings is 1. The van der Waals surface area contributed by atoms with Crippen LogP contribution in [0.15, 0.2) is 24.3 Å². The molecule has 0 radical (unpaired) electrons. The van der Waals surface area contributed by atoms with E-state index >= 15 is 0 Å². The average Bonchev–Trinajstić information content (AvgIpc) is 2.84. The van der Waals surface area contributed by atoms with Gasteiger partial charge in [-0.3, -0.25) is 5.32 Å². The van der Waals surface area contributed by atoms with Gasteiger partial charge in [0, 0.05) is 12.1 Å². The predicted molar refractivity (Wildman–Crippen MR) is 86.9 cm³/mol. The van der Waals surface area contributed by atoms with E-state index in [0.717, 1.165) is 32.1 Å². The van der Waals surface area contributed by atoms with E-state index in [1.54, 1.807) is 24.3 Å². The Hall–Kier alpha value is -2.44. The second kappa shape index (κ2) is 7.42. The molecule has 2 atom stereocenters. The summed E-state index contributed by atoms with van der Waals surface area (Å²) in [7, 11) is 1.51. The fourth-order valence-corrected chi connectivity index (χ4v) is 3.52. The zero-order valence-corrected chi connectivity index (χ0v) is 13.7. The molecular formula is C17H22N2O5. The minimum absolute atomic E-state index is 0.277. The van der Waals surface area contributed by atoms with Crippen LogP contribution in [0.5, 0.6) is 5.75 Å². The minimum atomic E-state index is -0.700. The molecule has 2 bridgehead atoms. The summed E-state index contributed by atoms with van der Waals surface area (Å²) >= 11 is 0. The first-order chi connectivity index (χ1) is 11.7. The SMILES string of the molecule is COc1ccccc1NC(=O)OCOC(=O)N1C2CCCC1CC2. The van der Waals surface area contributed by atoms with Crippen LogP contribution in [0.25, 0.3) is 0 Å². The summed E-state index contributed by atoms with van der Waals surface area (Å²) in [6.45, 7) is -0.407. The van der Waals surface area contributed by atoms with Crippen molar-refractivity contribution in [3.05, 3.63) is 24.3 Å². The molecule has 7 nitrogen and oxygen atoms in total. The van der Waals surface area contributed by atoms with Crippen LogP contribution in [0.4, 0.5) is 15.3 Å². The number of anilines is 1. The molecular weight excluding hydrogens is 312 g/mol. The quantitative estimate of drug-likeness (QED) is 0.854. The molecule has 0 saturated carbocycles. The third kappa shape index (κ3) is 3.55. The molecule has 1 aromatic rings. The molecule has 24 heavy (non-hydrogen) atoms. The first-order valence-corrected chi connectivity index (χ1v) is 8.21. The lowest BCUT2D eigenvalue weighted by Crippen LogP contribution is -2.44. The van der Waals surface area contributed by atoms with E-state index in [2.05, 4.69) is 5.32 Å². The van der Waals surface area contributed by atoms with Gasteiger partial charge >= 0.3 is 12.2 Å². The Morgan fingerprint density at radius 3 is 2.54 bits per heavy atom. The van der Waals surface area contributed by atoms with Crippen molar-refractivity contribution in [1.29, 1.82) is 0 Å². The van der Waals surface area contributed by atoms with Gasteiger partial charge in [0.1, 0.15) is 5.75 Å². The normalized spacial score (nSPS) is 22.0. The van der Waals surface area contributed by atoms with Crippen molar-refractivity contribution in [2.45, 2.75) is 44.2 Å². The van der Waals surface area contributed by atoms with Crippen molar-refractivity contribution in [1.82, 2.24) is 4.90 Å². The molecule has 2 heterocycles. The highest BCUT2D eigenvalue weighted by Crippen LogP contribution is 2.35. The summed E-state index contributed by atoms with van der Waals surface area (Å²) in [6.07, 6.45) is 4.20. The first kappa shape index (κ1) is 16.4. The number of methoxy groups -OCH3 is 1. The van der Waals surface area contributed by atoms with E-state index in [0.29, 0.717) is 11.4 Å². The van der Waals surface area contributed by atoms with Crippen LogP contribution in [0.2, 0.25) is 0 Å². The fraction of sp³-hybridized carbons (Fsp3) is 0.529. The number of nitrogens with zero attached hydrogens (tertiary/aromatic N) is 1. The number of carbonyl (C=O) groups is 2. The molecule has 2 aliphatic rings. The Kier molecular flexibility index (Phi) is 5.08. The van der Waals surface area contributed by atoms with E-state index in [4.69, 9.17) is 14.2 Å². The number of hydrogen-bond acceptors (Lipinski definition) is 5. The molecule has 1 aromatic carbocycles. The van der Waals surface area contributed by atoms with Crippen LogP contribution in [0.1, 0.15) is 32.1 Å². The summed E-state index contributed by atoms with van der Waals surface area (Å²) in [5.41, 5.74) is 0.491. The standard InChI is InChI=1S/C17H22N2O5/c1-22-15-8-3-2-7-14(15)18-16(20)23-11-24-17(21)19-12-5-4-6-13(19)10-9-12/h2-3,7-8,12-13H,4-6,9-11H2,1H3,(H,18,20). The van der Waals surface area contributed by atoms with Gasteiger partial charge in [0.2, 0.25) is 6.79 Å². The highest BCUT2D eigenvalue weighted by atomic mass is 16.7. The van der Waals surface area contributed by atoms with Crippen molar-refractivity contribution in [3.8, 4) is 5.75 Å². The van der Waals surface area contributed by atoms with Gasteiger partial charge < -0.3 is 19.1 Å². The topological polar surface area (TPSA) is 77.1 Å². The highest BCUT2D eigenvalue weighted by molar-refractivity contribution is 5.86. The van der Waals surface area contributed by atoms with E-state index in [-0.39, 0.29) is 12.1 Å². The van der Waals surface area contributed by atoms with Crippen LogP contribution in [0, 0.1) is 0 Å². The van der Waals surface area contributed by atoms with Crippen LogP contribution in [-0.4, -0.2) is 43.1 Å². The van der Waals surface area contributed by atoms with Gasteiger partial charge in [0.25, 0.3) is 0 Å². The van der Waals surface area contributed by atoms with Crippen LogP contribution in [0.3, 0.4) is 0 Å². The van der Waals surface area contributed by atoms with Gasteiger partial charge in [0.15, 0.2) is 0 Å². The molecule has 2 amide bonds. The summed E-state index contributed by atoms with van der Waals surface area (Å²) in [6, 6.07) is 7.53. The number of hydrogen-bond donors (Lipinski definition) is 1. The number of fused-ring (bicyclic) bond motifs is 2. The molecule has 2 fully saturated rings. The summed E-state index contributed by atoms with van der Waals surface area (Å²) < 4.78 is 15.2. The molecule has 0 aliphatic carbocycles. The number of carbonyl (C=O) groups excluding carboxylic acids is 2. The first-order valence-electron chi connectivity index (χ1n) is 8.21. The zero-order chi connectivity index (χ0) is 16.9. The van der Waals surface area contributed by atoms with Gasteiger partial charge in [-0.05, 0) is 44.2 Å². The summed E-state index contributed by atoms with van der Waals surface area (Å²) in [5, 5.41) is 2.55. The lowest BCUT2D eigenvalue weighted by atomic mass is 10.0. The Balaban J connectivity index is 1.44. The molecule has 0 spiro atoms. The monoisotopic (exact) mass is 334 g/mol. The second-order valence-corrected chi connectivity index (χ2v) is 6.01. The molecule has 130 valence electrons. The fourth-order valence-electron chi connectivity index (χ4n) is 3.52. The predicted octanol–water partition coefficient (Wildman–Crippen LogP) is 3.35. The van der Waals surface area contributed by atoms with E-state index < -0.39 is 19.0 Å². The molecule has 0 aromatic heterocycles. The number of ether oxygens (including phenoxy) is 3. The lowest BCUT2D eigenvalue weighted by Gasteiger charge is -2.33. The number of rotatable bonds is 4. The summed E-state index contributed by atoms with van der Waals surface area (Å²) in [4.78, 5) is 25.8. The maximum absolute atomic E-state index is 12.2. The van der Waals surface area contributed by atoms with Crippen molar-refractivity contribution in [3.63, 3.8) is 0 Å². The van der Waals surface area contributed by atoms with Gasteiger partial charge in [-0.15, -0.1) is 0 Å². The Bertz CT molecular complexity index is 590. The van der Waals surface area contributed by atoms with Gasteiger partial charge in [-0.25, -0.2) is 9.59 Å². The average molecular weight is 334 g/mol. The Labute approximate surface area is 140 Å². The van der Waals surface area contributed by atoms with Crippen molar-refractivity contribution in [2.75, 3.05) is 19.2 Å². The van der Waals surface area contributed by atoms with Gasteiger partial charge in [0.05, 0.1) is 12.8 Å². The molecule has 1 N–H and O–H groups in total. The van der Waals surface area contributed by atoms with Gasteiger partial charge in [-0.1, -0.05) is 12.1 Å². The van der Waals surface area contributed by atoms with E-state index in [1.807, 2.05) is 4.90 Å². The third-order valence-corrected chi connectivity index (χ3v) is 4.62. The maximum Gasteiger partial charge on any atom is 0.414 e. The van der Waals surface area contributed by atoms with E-state index in [9.17, 15) is 9.59 Å². The van der Waals surface area contributed by atoms with Crippen molar-refractivity contribution in [2.24, 2.45) is 0 Å². The second-order valence-electron chi connectivity index (χ2n) is 6.01. The minimum Gasteiger partial charge on any atom is -0.495 e. The largest absolute Gasteiger partial charge is 0.495 e. The Morgan fingerprint density at radius 2 is 1.83 bits per heavy atom. The third-order valence-electron chi connectivity index (χ3n) is 4.62.